The first-order valence-electron chi connectivity index (χ1n) is 3.13. The van der Waals surface area contributed by atoms with Crippen LogP contribution in [0.15, 0.2) is 8.95 Å². The normalized spacial score (nSPS) is 9.92. The molecule has 0 fully saturated rings. The van der Waals surface area contributed by atoms with E-state index >= 15 is 0 Å². The van der Waals surface area contributed by atoms with Gasteiger partial charge in [0.2, 0.25) is 0 Å². The van der Waals surface area contributed by atoms with E-state index in [1.54, 1.807) is 6.92 Å². The first-order valence-corrected chi connectivity index (χ1v) is 4.72. The summed E-state index contributed by atoms with van der Waals surface area (Å²) >= 11 is 6.44. The Morgan fingerprint density at radius 2 is 2.08 bits per heavy atom. The maximum atomic E-state index is 12.4. The number of rotatable bonds is 1. The molecule has 0 amide bonds. The van der Waals surface area contributed by atoms with Crippen molar-refractivity contribution < 1.29 is 4.39 Å². The third-order valence-corrected chi connectivity index (χ3v) is 3.89. The molecule has 0 radical (unpaired) electrons. The molecule has 2 nitrogen and oxygen atoms in total. The molecule has 0 atom stereocenters. The monoisotopic (exact) mass is 294 g/mol. The van der Waals surface area contributed by atoms with E-state index in [2.05, 4.69) is 31.9 Å². The highest BCUT2D eigenvalue weighted by molar-refractivity contribution is 9.13. The summed E-state index contributed by atoms with van der Waals surface area (Å²) in [5.74, 6) is 0. The lowest BCUT2D eigenvalue weighted by Crippen LogP contribution is -1.98. The molecule has 5 heteroatoms. The molecule has 0 spiro atoms. The van der Waals surface area contributed by atoms with Gasteiger partial charge >= 0.3 is 0 Å². The van der Waals surface area contributed by atoms with Crippen molar-refractivity contribution in [3.8, 4) is 6.07 Å². The van der Waals surface area contributed by atoms with Crippen molar-refractivity contribution in [2.75, 3.05) is 0 Å². The molecule has 64 valence electrons. The van der Waals surface area contributed by atoms with Gasteiger partial charge in [-0.05, 0) is 38.8 Å². The van der Waals surface area contributed by atoms with Crippen LogP contribution in [0.5, 0.6) is 0 Å². The van der Waals surface area contributed by atoms with Gasteiger partial charge in [0, 0.05) is 5.69 Å². The SMILES string of the molecule is Cc1c(Br)c(Br)c(C#N)n1CF. The van der Waals surface area contributed by atoms with Crippen molar-refractivity contribution in [1.82, 2.24) is 4.57 Å². The second kappa shape index (κ2) is 3.58. The first kappa shape index (κ1) is 9.75. The summed E-state index contributed by atoms with van der Waals surface area (Å²) in [5, 5.41) is 8.68. The zero-order valence-corrected chi connectivity index (χ0v) is 9.41. The van der Waals surface area contributed by atoms with Crippen LogP contribution >= 0.6 is 31.9 Å². The summed E-state index contributed by atoms with van der Waals surface area (Å²) in [6, 6.07) is 1.92. The van der Waals surface area contributed by atoms with Crippen molar-refractivity contribution in [2.24, 2.45) is 0 Å². The predicted molar refractivity (Wildman–Crippen MR) is 50.4 cm³/mol. The molecule has 0 aliphatic carbocycles. The van der Waals surface area contributed by atoms with Gasteiger partial charge < -0.3 is 4.57 Å². The molecule has 0 unspecified atom stereocenters. The second-order valence-electron chi connectivity index (χ2n) is 2.22. The number of hydrogen-bond acceptors (Lipinski definition) is 1. The Hall–Kier alpha value is -0.340. The highest BCUT2D eigenvalue weighted by atomic mass is 79.9. The molecule has 1 aromatic rings. The van der Waals surface area contributed by atoms with Crippen molar-refractivity contribution >= 4 is 31.9 Å². The highest BCUT2D eigenvalue weighted by Gasteiger charge is 2.15. The van der Waals surface area contributed by atoms with E-state index < -0.39 is 6.80 Å². The molecular formula is C7H5Br2FN2. The third kappa shape index (κ3) is 1.29. The van der Waals surface area contributed by atoms with Crippen LogP contribution in [0.4, 0.5) is 4.39 Å². The molecule has 0 aliphatic rings. The topological polar surface area (TPSA) is 28.7 Å². The molecule has 0 saturated heterocycles. The van der Waals surface area contributed by atoms with Crippen LogP contribution in [-0.4, -0.2) is 4.57 Å². The van der Waals surface area contributed by atoms with Gasteiger partial charge in [0.05, 0.1) is 8.95 Å². The van der Waals surface area contributed by atoms with Gasteiger partial charge in [-0.25, -0.2) is 4.39 Å². The first-order chi connectivity index (χ1) is 5.63. The zero-order valence-electron chi connectivity index (χ0n) is 6.24. The van der Waals surface area contributed by atoms with Crippen molar-refractivity contribution in [2.45, 2.75) is 13.7 Å². The summed E-state index contributed by atoms with van der Waals surface area (Å²) in [4.78, 5) is 0. The highest BCUT2D eigenvalue weighted by Crippen LogP contribution is 2.32. The molecule has 1 heterocycles. The number of hydrogen-bond donors (Lipinski definition) is 0. The zero-order chi connectivity index (χ0) is 9.30. The largest absolute Gasteiger partial charge is 0.306 e. The summed E-state index contributed by atoms with van der Waals surface area (Å²) in [6.45, 7) is 1.06. The summed E-state index contributed by atoms with van der Waals surface area (Å²) < 4.78 is 15.0. The number of halogens is 3. The Labute approximate surface area is 86.2 Å². The number of aromatic nitrogens is 1. The minimum absolute atomic E-state index is 0.307. The molecular weight excluding hydrogens is 291 g/mol. The molecule has 1 rings (SSSR count). The lowest BCUT2D eigenvalue weighted by Gasteiger charge is -1.99. The van der Waals surface area contributed by atoms with Gasteiger partial charge in [-0.15, -0.1) is 0 Å². The van der Waals surface area contributed by atoms with Gasteiger partial charge in [0.1, 0.15) is 11.8 Å². The fraction of sp³-hybridized carbons (Fsp3) is 0.286. The van der Waals surface area contributed by atoms with Gasteiger partial charge in [-0.2, -0.15) is 5.26 Å². The second-order valence-corrected chi connectivity index (χ2v) is 3.81. The molecule has 12 heavy (non-hydrogen) atoms. The van der Waals surface area contributed by atoms with Crippen LogP contribution in [0, 0.1) is 18.3 Å². The molecule has 0 aliphatic heterocycles. The van der Waals surface area contributed by atoms with Crippen molar-refractivity contribution in [1.29, 1.82) is 5.26 Å². The quantitative estimate of drug-likeness (QED) is 0.782. The van der Waals surface area contributed by atoms with E-state index in [0.29, 0.717) is 15.9 Å². The average molecular weight is 296 g/mol. The Morgan fingerprint density at radius 3 is 2.42 bits per heavy atom. The average Bonchev–Trinajstić information content (AvgIpc) is 2.29. The van der Waals surface area contributed by atoms with E-state index in [1.807, 2.05) is 6.07 Å². The maximum Gasteiger partial charge on any atom is 0.166 e. The molecule has 0 aromatic carbocycles. The van der Waals surface area contributed by atoms with Crippen LogP contribution < -0.4 is 0 Å². The van der Waals surface area contributed by atoms with Crippen LogP contribution in [-0.2, 0) is 6.80 Å². The smallest absolute Gasteiger partial charge is 0.166 e. The number of nitriles is 1. The van der Waals surface area contributed by atoms with Gasteiger partial charge in [-0.3, -0.25) is 0 Å². The van der Waals surface area contributed by atoms with Gasteiger partial charge in [0.25, 0.3) is 0 Å². The van der Waals surface area contributed by atoms with E-state index in [0.717, 1.165) is 4.47 Å². The van der Waals surface area contributed by atoms with Crippen LogP contribution in [0.3, 0.4) is 0 Å². The Balaban J connectivity index is 3.47. The summed E-state index contributed by atoms with van der Waals surface area (Å²) in [6.07, 6.45) is 0. The Kier molecular flexibility index (Phi) is 2.91. The van der Waals surface area contributed by atoms with Crippen LogP contribution in [0.2, 0.25) is 0 Å². The fourth-order valence-electron chi connectivity index (χ4n) is 0.926. The van der Waals surface area contributed by atoms with Crippen LogP contribution in [0.1, 0.15) is 11.4 Å². The Morgan fingerprint density at radius 1 is 1.50 bits per heavy atom. The molecule has 0 saturated carbocycles. The lowest BCUT2D eigenvalue weighted by atomic mass is 10.4. The fourth-order valence-corrected chi connectivity index (χ4v) is 1.92. The minimum Gasteiger partial charge on any atom is -0.306 e. The van der Waals surface area contributed by atoms with E-state index in [9.17, 15) is 4.39 Å². The van der Waals surface area contributed by atoms with Gasteiger partial charge in [0.15, 0.2) is 6.80 Å². The van der Waals surface area contributed by atoms with Crippen molar-refractivity contribution in [3.63, 3.8) is 0 Å². The van der Waals surface area contributed by atoms with E-state index in [1.165, 1.54) is 4.57 Å². The summed E-state index contributed by atoms with van der Waals surface area (Å²) in [7, 11) is 0. The summed E-state index contributed by atoms with van der Waals surface area (Å²) in [5.41, 5.74) is 1.02. The van der Waals surface area contributed by atoms with Crippen LogP contribution in [0.25, 0.3) is 0 Å². The maximum absolute atomic E-state index is 12.4. The predicted octanol–water partition coefficient (Wildman–Crippen LogP) is 3.12. The van der Waals surface area contributed by atoms with Crippen molar-refractivity contribution in [3.05, 3.63) is 20.3 Å². The number of alkyl halides is 1. The van der Waals surface area contributed by atoms with E-state index in [-0.39, 0.29) is 0 Å². The van der Waals surface area contributed by atoms with Gasteiger partial charge in [-0.1, -0.05) is 0 Å². The Bertz CT molecular complexity index is 351. The molecule has 1 aromatic heterocycles. The minimum atomic E-state index is -0.682. The molecule has 0 bridgehead atoms. The van der Waals surface area contributed by atoms with E-state index in [4.69, 9.17) is 5.26 Å². The lowest BCUT2D eigenvalue weighted by molar-refractivity contribution is 0.371. The third-order valence-electron chi connectivity index (χ3n) is 1.62. The molecule has 0 N–H and O–H groups in total. The number of nitrogens with zero attached hydrogens (tertiary/aromatic N) is 2. The standard InChI is InChI=1S/C7H5Br2FN2/c1-4-6(8)7(9)5(2-11)12(4)3-10/h3H2,1H3.